The lowest BCUT2D eigenvalue weighted by molar-refractivity contribution is 0.404. The molecular formula is C6H10N2O. The summed E-state index contributed by atoms with van der Waals surface area (Å²) in [6.45, 7) is 6.31. The molecule has 0 radical (unpaired) electrons. The summed E-state index contributed by atoms with van der Waals surface area (Å²) in [7, 11) is 0. The van der Waals surface area contributed by atoms with Crippen molar-refractivity contribution in [2.45, 2.75) is 13.8 Å². The van der Waals surface area contributed by atoms with Crippen LogP contribution in [0.4, 0.5) is 0 Å². The molecule has 0 amide bonds. The van der Waals surface area contributed by atoms with Crippen molar-refractivity contribution in [3.63, 3.8) is 0 Å². The number of aliphatic imine (C=N–C) groups is 1. The molecule has 0 saturated heterocycles. The van der Waals surface area contributed by atoms with E-state index < -0.39 is 0 Å². The van der Waals surface area contributed by atoms with Gasteiger partial charge < -0.3 is 10.5 Å². The lowest BCUT2D eigenvalue weighted by Gasteiger charge is -1.96. The molecule has 0 aliphatic carbocycles. The fourth-order valence-electron chi connectivity index (χ4n) is 0.286. The lowest BCUT2D eigenvalue weighted by Crippen LogP contribution is -1.94. The molecule has 50 valence electrons. The molecule has 0 aromatic carbocycles. The highest BCUT2D eigenvalue weighted by atomic mass is 16.3. The van der Waals surface area contributed by atoms with Gasteiger partial charge in [0, 0.05) is 11.3 Å². The Hall–Kier alpha value is -1.12. The largest absolute Gasteiger partial charge is 0.493 e. The Morgan fingerprint density at radius 3 is 2.11 bits per heavy atom. The highest BCUT2D eigenvalue weighted by Crippen LogP contribution is 2.01. The first kappa shape index (κ1) is 7.88. The predicted octanol–water partition coefficient (Wildman–Crippen LogP) is 1.52. The van der Waals surface area contributed by atoms with Gasteiger partial charge in [-0.3, -0.25) is 0 Å². The van der Waals surface area contributed by atoms with E-state index in [1.807, 2.05) is 0 Å². The third-order valence-electron chi connectivity index (χ3n) is 1.05. The number of nitrogens with zero attached hydrogens (tertiary/aromatic N) is 1. The zero-order valence-corrected chi connectivity index (χ0v) is 5.60. The van der Waals surface area contributed by atoms with Gasteiger partial charge in [-0.15, -0.1) is 0 Å². The van der Waals surface area contributed by atoms with Crippen LogP contribution in [0, 0.1) is 5.41 Å². The summed E-state index contributed by atoms with van der Waals surface area (Å²) in [5, 5.41) is 15.8. The van der Waals surface area contributed by atoms with Gasteiger partial charge in [0.1, 0.15) is 0 Å². The molecule has 3 nitrogen and oxygen atoms in total. The highest BCUT2D eigenvalue weighted by molar-refractivity contribution is 5.95. The molecule has 0 heterocycles. The zero-order valence-electron chi connectivity index (χ0n) is 5.60. The van der Waals surface area contributed by atoms with Gasteiger partial charge in [0.25, 0.3) is 0 Å². The van der Waals surface area contributed by atoms with Gasteiger partial charge in [-0.2, -0.15) is 0 Å². The maximum atomic E-state index is 8.81. The quantitative estimate of drug-likeness (QED) is 0.427. The molecule has 2 N–H and O–H groups in total. The third-order valence-corrected chi connectivity index (χ3v) is 1.05. The Bertz CT molecular complexity index is 170. The fraction of sp³-hybridized carbons (Fsp3) is 0.333. The van der Waals surface area contributed by atoms with Crippen LogP contribution in [0.2, 0.25) is 0 Å². The number of aliphatic hydroxyl groups excluding tert-OH is 1. The Kier molecular flexibility index (Phi) is 2.64. The predicted molar refractivity (Wildman–Crippen MR) is 38.3 cm³/mol. The second-order valence-electron chi connectivity index (χ2n) is 1.73. The summed E-state index contributed by atoms with van der Waals surface area (Å²) in [4.78, 5) is 3.25. The van der Waals surface area contributed by atoms with Crippen LogP contribution in [-0.4, -0.2) is 17.5 Å². The average Bonchev–Trinajstić information content (AvgIpc) is 1.84. The minimum Gasteiger partial charge on any atom is -0.493 e. The molecule has 0 saturated carbocycles. The Morgan fingerprint density at radius 1 is 1.56 bits per heavy atom. The van der Waals surface area contributed by atoms with Gasteiger partial charge in [-0.25, -0.2) is 4.99 Å². The molecular weight excluding hydrogens is 116 g/mol. The van der Waals surface area contributed by atoms with Crippen molar-refractivity contribution >= 4 is 12.4 Å². The van der Waals surface area contributed by atoms with Gasteiger partial charge in [-0.1, -0.05) is 0 Å². The van der Waals surface area contributed by atoms with Crippen molar-refractivity contribution in [1.82, 2.24) is 0 Å². The van der Waals surface area contributed by atoms with E-state index >= 15 is 0 Å². The van der Waals surface area contributed by atoms with Crippen LogP contribution in [-0.2, 0) is 0 Å². The van der Waals surface area contributed by atoms with Crippen LogP contribution < -0.4 is 0 Å². The van der Waals surface area contributed by atoms with E-state index in [1.165, 1.54) is 0 Å². The fourth-order valence-corrected chi connectivity index (χ4v) is 0.286. The summed E-state index contributed by atoms with van der Waals surface area (Å²) >= 11 is 0. The molecule has 0 unspecified atom stereocenters. The molecule has 0 spiro atoms. The minimum atomic E-state index is -0.164. The molecule has 0 bridgehead atoms. The SMILES string of the molecule is C=N/C(O)=C(/C)C(C)=N. The Labute approximate surface area is 54.2 Å². The van der Waals surface area contributed by atoms with E-state index in [0.717, 1.165) is 0 Å². The second-order valence-corrected chi connectivity index (χ2v) is 1.73. The second kappa shape index (κ2) is 3.02. The Morgan fingerprint density at radius 2 is 2.00 bits per heavy atom. The molecule has 0 rings (SSSR count). The molecule has 9 heavy (non-hydrogen) atoms. The molecule has 3 heteroatoms. The van der Waals surface area contributed by atoms with Crippen molar-refractivity contribution in [2.24, 2.45) is 4.99 Å². The molecule has 0 aliphatic heterocycles. The highest BCUT2D eigenvalue weighted by Gasteiger charge is 1.97. The summed E-state index contributed by atoms with van der Waals surface area (Å²) in [6, 6.07) is 0. The first-order valence-electron chi connectivity index (χ1n) is 2.51. The maximum Gasteiger partial charge on any atom is 0.214 e. The van der Waals surface area contributed by atoms with Gasteiger partial charge >= 0.3 is 0 Å². The number of hydrogen-bond donors (Lipinski definition) is 2. The normalized spacial score (nSPS) is 12.2. The molecule has 0 atom stereocenters. The monoisotopic (exact) mass is 126 g/mol. The summed E-state index contributed by atoms with van der Waals surface area (Å²) in [5.74, 6) is -0.164. The molecule has 0 aromatic heterocycles. The van der Waals surface area contributed by atoms with Crippen LogP contribution in [0.1, 0.15) is 13.8 Å². The van der Waals surface area contributed by atoms with Crippen LogP contribution >= 0.6 is 0 Å². The van der Waals surface area contributed by atoms with Gasteiger partial charge in [0.15, 0.2) is 0 Å². The smallest absolute Gasteiger partial charge is 0.214 e. The van der Waals surface area contributed by atoms with Crippen molar-refractivity contribution in [2.75, 3.05) is 0 Å². The topological polar surface area (TPSA) is 56.4 Å². The number of nitrogens with one attached hydrogen (secondary N) is 1. The van der Waals surface area contributed by atoms with Gasteiger partial charge in [-0.05, 0) is 20.6 Å². The van der Waals surface area contributed by atoms with Crippen LogP contribution in [0.25, 0.3) is 0 Å². The molecule has 0 fully saturated rings. The van der Waals surface area contributed by atoms with Crippen molar-refractivity contribution < 1.29 is 5.11 Å². The Balaban J connectivity index is 4.47. The van der Waals surface area contributed by atoms with Crippen LogP contribution in [0.3, 0.4) is 0 Å². The van der Waals surface area contributed by atoms with Crippen LogP contribution in [0.15, 0.2) is 16.4 Å². The van der Waals surface area contributed by atoms with Gasteiger partial charge in [0.2, 0.25) is 5.88 Å². The average molecular weight is 126 g/mol. The van der Waals surface area contributed by atoms with Crippen molar-refractivity contribution in [3.8, 4) is 0 Å². The standard InChI is InChI=1S/C6H10N2O/c1-4(5(2)7)6(9)8-3/h7,9H,3H2,1-2H3/b6-4+,7-5?. The summed E-state index contributed by atoms with van der Waals surface area (Å²) < 4.78 is 0. The van der Waals surface area contributed by atoms with E-state index in [-0.39, 0.29) is 5.88 Å². The first-order valence-corrected chi connectivity index (χ1v) is 2.51. The molecule has 0 aliphatic rings. The van der Waals surface area contributed by atoms with Crippen molar-refractivity contribution in [1.29, 1.82) is 5.41 Å². The lowest BCUT2D eigenvalue weighted by atomic mass is 10.2. The number of rotatable bonds is 2. The molecule has 0 aromatic rings. The van der Waals surface area contributed by atoms with Gasteiger partial charge in [0.05, 0.1) is 0 Å². The minimum absolute atomic E-state index is 0.164. The van der Waals surface area contributed by atoms with E-state index in [1.54, 1.807) is 13.8 Å². The van der Waals surface area contributed by atoms with Crippen molar-refractivity contribution in [3.05, 3.63) is 11.5 Å². The maximum absolute atomic E-state index is 8.81. The van der Waals surface area contributed by atoms with E-state index in [9.17, 15) is 0 Å². The van der Waals surface area contributed by atoms with E-state index in [2.05, 4.69) is 11.7 Å². The summed E-state index contributed by atoms with van der Waals surface area (Å²) in [5.41, 5.74) is 0.768. The zero-order chi connectivity index (χ0) is 7.44. The van der Waals surface area contributed by atoms with E-state index in [0.29, 0.717) is 11.3 Å². The van der Waals surface area contributed by atoms with E-state index in [4.69, 9.17) is 10.5 Å². The third kappa shape index (κ3) is 2.08. The number of allylic oxidation sites excluding steroid dienone is 1. The first-order chi connectivity index (χ1) is 4.09. The number of hydrogen-bond acceptors (Lipinski definition) is 3. The van der Waals surface area contributed by atoms with Crippen LogP contribution in [0.5, 0.6) is 0 Å². The number of aliphatic hydroxyl groups is 1. The summed E-state index contributed by atoms with van der Waals surface area (Å²) in [6.07, 6.45) is 0.